The van der Waals surface area contributed by atoms with E-state index in [1.54, 1.807) is 6.92 Å². The second-order valence-electron chi connectivity index (χ2n) is 3.68. The molecule has 0 aliphatic rings. The van der Waals surface area contributed by atoms with E-state index in [4.69, 9.17) is 5.26 Å². The zero-order valence-corrected chi connectivity index (χ0v) is 9.55. The van der Waals surface area contributed by atoms with Gasteiger partial charge in [-0.2, -0.15) is 5.26 Å². The van der Waals surface area contributed by atoms with Crippen LogP contribution in [0.15, 0.2) is 0 Å². The van der Waals surface area contributed by atoms with E-state index in [2.05, 4.69) is 26.1 Å². The van der Waals surface area contributed by atoms with E-state index in [1.165, 1.54) is 0 Å². The highest BCUT2D eigenvalue weighted by Gasteiger charge is 2.27. The maximum atomic E-state index is 11.5. The first-order valence-corrected chi connectivity index (χ1v) is 5.26. The molecule has 0 aliphatic heterocycles. The molecule has 3 heteroatoms. The standard InChI is InChI=1S/C11H20N2O/c1-5-11(6-2,7-3)13-10(14)9(4)8-12/h9H,5-7H2,1-4H3,(H,13,14). The Hall–Kier alpha value is -1.04. The number of rotatable bonds is 5. The van der Waals surface area contributed by atoms with Crippen LogP contribution in [-0.4, -0.2) is 11.4 Å². The lowest BCUT2D eigenvalue weighted by Gasteiger charge is -2.32. The predicted molar refractivity (Wildman–Crippen MR) is 56.5 cm³/mol. The van der Waals surface area contributed by atoms with Crippen LogP contribution in [-0.2, 0) is 4.79 Å². The Balaban J connectivity index is 4.46. The molecule has 1 unspecified atom stereocenters. The summed E-state index contributed by atoms with van der Waals surface area (Å²) in [6, 6.07) is 1.95. The monoisotopic (exact) mass is 196 g/mol. The number of hydrogen-bond acceptors (Lipinski definition) is 2. The Bertz CT molecular complexity index is 218. The third-order valence-electron chi connectivity index (χ3n) is 3.01. The third-order valence-corrected chi connectivity index (χ3v) is 3.01. The van der Waals surface area contributed by atoms with Crippen molar-refractivity contribution in [3.63, 3.8) is 0 Å². The Kier molecular flexibility index (Phi) is 5.22. The third kappa shape index (κ3) is 3.02. The second kappa shape index (κ2) is 5.64. The maximum Gasteiger partial charge on any atom is 0.237 e. The van der Waals surface area contributed by atoms with Crippen molar-refractivity contribution in [2.75, 3.05) is 0 Å². The Morgan fingerprint density at radius 1 is 1.36 bits per heavy atom. The molecule has 1 atom stereocenters. The number of carbonyl (C=O) groups excluding carboxylic acids is 1. The predicted octanol–water partition coefficient (Wildman–Crippen LogP) is 2.23. The van der Waals surface area contributed by atoms with Gasteiger partial charge in [0.2, 0.25) is 5.91 Å². The molecule has 80 valence electrons. The molecule has 0 aromatic carbocycles. The van der Waals surface area contributed by atoms with E-state index in [0.717, 1.165) is 19.3 Å². The number of carbonyl (C=O) groups is 1. The summed E-state index contributed by atoms with van der Waals surface area (Å²) in [4.78, 5) is 11.5. The van der Waals surface area contributed by atoms with Crippen molar-refractivity contribution in [1.82, 2.24) is 5.32 Å². The molecule has 0 radical (unpaired) electrons. The van der Waals surface area contributed by atoms with E-state index in [9.17, 15) is 4.79 Å². The molecular formula is C11H20N2O. The van der Waals surface area contributed by atoms with Crippen molar-refractivity contribution >= 4 is 5.91 Å². The van der Waals surface area contributed by atoms with Crippen molar-refractivity contribution < 1.29 is 4.79 Å². The molecule has 0 saturated heterocycles. The average molecular weight is 196 g/mol. The summed E-state index contributed by atoms with van der Waals surface area (Å²) in [5.74, 6) is -0.711. The molecule has 0 spiro atoms. The average Bonchev–Trinajstić information content (AvgIpc) is 2.24. The van der Waals surface area contributed by atoms with E-state index < -0.39 is 5.92 Å². The summed E-state index contributed by atoms with van der Waals surface area (Å²) in [6.07, 6.45) is 2.72. The molecule has 3 nitrogen and oxygen atoms in total. The van der Waals surface area contributed by atoms with Crippen LogP contribution in [0.4, 0.5) is 0 Å². The lowest BCUT2D eigenvalue weighted by molar-refractivity contribution is -0.125. The Morgan fingerprint density at radius 2 is 1.79 bits per heavy atom. The molecule has 0 bridgehead atoms. The molecular weight excluding hydrogens is 176 g/mol. The lowest BCUT2D eigenvalue weighted by atomic mass is 9.89. The highest BCUT2D eigenvalue weighted by Crippen LogP contribution is 2.19. The molecule has 0 saturated carbocycles. The number of nitrogens with zero attached hydrogens (tertiary/aromatic N) is 1. The van der Waals surface area contributed by atoms with Crippen LogP contribution in [0.1, 0.15) is 47.0 Å². The topological polar surface area (TPSA) is 52.9 Å². The van der Waals surface area contributed by atoms with Gasteiger partial charge in [0.25, 0.3) is 0 Å². The van der Waals surface area contributed by atoms with Crippen LogP contribution < -0.4 is 5.32 Å². The summed E-state index contributed by atoms with van der Waals surface area (Å²) in [6.45, 7) is 7.81. The molecule has 0 heterocycles. The van der Waals surface area contributed by atoms with Gasteiger partial charge >= 0.3 is 0 Å². The molecule has 0 fully saturated rings. The van der Waals surface area contributed by atoms with Gasteiger partial charge in [0, 0.05) is 5.54 Å². The van der Waals surface area contributed by atoms with Gasteiger partial charge in [0.15, 0.2) is 0 Å². The molecule has 14 heavy (non-hydrogen) atoms. The minimum absolute atomic E-state index is 0.123. The second-order valence-corrected chi connectivity index (χ2v) is 3.68. The summed E-state index contributed by atoms with van der Waals surface area (Å²) in [5.41, 5.74) is -0.123. The molecule has 0 aromatic heterocycles. The first-order chi connectivity index (χ1) is 6.55. The minimum atomic E-state index is -0.556. The van der Waals surface area contributed by atoms with Crippen molar-refractivity contribution in [2.24, 2.45) is 5.92 Å². The van der Waals surface area contributed by atoms with Crippen LogP contribution in [0.2, 0.25) is 0 Å². The van der Waals surface area contributed by atoms with Crippen LogP contribution >= 0.6 is 0 Å². The highest BCUT2D eigenvalue weighted by atomic mass is 16.2. The van der Waals surface area contributed by atoms with Crippen molar-refractivity contribution in [1.29, 1.82) is 5.26 Å². The summed E-state index contributed by atoms with van der Waals surface area (Å²) in [7, 11) is 0. The fraction of sp³-hybridized carbons (Fsp3) is 0.818. The molecule has 0 aromatic rings. The molecule has 1 amide bonds. The number of hydrogen-bond donors (Lipinski definition) is 1. The summed E-state index contributed by atoms with van der Waals surface area (Å²) in [5, 5.41) is 11.6. The Labute approximate surface area is 86.5 Å². The summed E-state index contributed by atoms with van der Waals surface area (Å²) >= 11 is 0. The van der Waals surface area contributed by atoms with Gasteiger partial charge in [-0.15, -0.1) is 0 Å². The fourth-order valence-electron chi connectivity index (χ4n) is 1.44. The lowest BCUT2D eigenvalue weighted by Crippen LogP contribution is -2.48. The normalized spacial score (nSPS) is 13.1. The van der Waals surface area contributed by atoms with Crippen molar-refractivity contribution in [2.45, 2.75) is 52.5 Å². The minimum Gasteiger partial charge on any atom is -0.350 e. The van der Waals surface area contributed by atoms with Gasteiger partial charge in [-0.05, 0) is 26.2 Å². The van der Waals surface area contributed by atoms with Gasteiger partial charge in [0.1, 0.15) is 5.92 Å². The number of nitrogens with one attached hydrogen (secondary N) is 1. The molecule has 1 N–H and O–H groups in total. The molecule has 0 rings (SSSR count). The SMILES string of the molecule is CCC(CC)(CC)NC(=O)C(C)C#N. The molecule has 0 aliphatic carbocycles. The maximum absolute atomic E-state index is 11.5. The zero-order valence-electron chi connectivity index (χ0n) is 9.55. The van der Waals surface area contributed by atoms with Gasteiger partial charge in [-0.1, -0.05) is 20.8 Å². The van der Waals surface area contributed by atoms with E-state index in [0.29, 0.717) is 0 Å². The van der Waals surface area contributed by atoms with E-state index >= 15 is 0 Å². The van der Waals surface area contributed by atoms with E-state index in [1.807, 2.05) is 6.07 Å². The first-order valence-electron chi connectivity index (χ1n) is 5.26. The van der Waals surface area contributed by atoms with Gasteiger partial charge < -0.3 is 5.32 Å². The van der Waals surface area contributed by atoms with Crippen LogP contribution in [0.3, 0.4) is 0 Å². The van der Waals surface area contributed by atoms with Crippen LogP contribution in [0.5, 0.6) is 0 Å². The van der Waals surface area contributed by atoms with Gasteiger partial charge in [-0.3, -0.25) is 4.79 Å². The van der Waals surface area contributed by atoms with Gasteiger partial charge in [-0.25, -0.2) is 0 Å². The van der Waals surface area contributed by atoms with Crippen LogP contribution in [0.25, 0.3) is 0 Å². The Morgan fingerprint density at radius 3 is 2.07 bits per heavy atom. The van der Waals surface area contributed by atoms with Crippen LogP contribution in [0, 0.1) is 17.2 Å². The fourth-order valence-corrected chi connectivity index (χ4v) is 1.44. The zero-order chi connectivity index (χ0) is 11.2. The summed E-state index contributed by atoms with van der Waals surface area (Å²) < 4.78 is 0. The van der Waals surface area contributed by atoms with Gasteiger partial charge in [0.05, 0.1) is 6.07 Å². The highest BCUT2D eigenvalue weighted by molar-refractivity contribution is 5.81. The quantitative estimate of drug-likeness (QED) is 0.733. The largest absolute Gasteiger partial charge is 0.350 e. The number of nitriles is 1. The van der Waals surface area contributed by atoms with E-state index in [-0.39, 0.29) is 11.4 Å². The first kappa shape index (κ1) is 13.0. The van der Waals surface area contributed by atoms with Crippen molar-refractivity contribution in [3.8, 4) is 6.07 Å². The number of amides is 1. The van der Waals surface area contributed by atoms with Crippen molar-refractivity contribution in [3.05, 3.63) is 0 Å². The smallest absolute Gasteiger partial charge is 0.237 e.